The van der Waals surface area contributed by atoms with Crippen molar-refractivity contribution in [3.05, 3.63) is 23.8 Å². The number of hydrogen-bond donors (Lipinski definition) is 1. The summed E-state index contributed by atoms with van der Waals surface area (Å²) in [5.41, 5.74) is -0.0654. The normalized spacial score (nSPS) is 11.1. The van der Waals surface area contributed by atoms with Gasteiger partial charge in [0.05, 0.1) is 7.11 Å². The second-order valence-corrected chi connectivity index (χ2v) is 3.72. The summed E-state index contributed by atoms with van der Waals surface area (Å²) < 4.78 is 4.95. The van der Waals surface area contributed by atoms with Gasteiger partial charge in [0, 0.05) is 17.0 Å². The number of carbonyl (C=O) groups is 1. The van der Waals surface area contributed by atoms with Crippen molar-refractivity contribution in [3.63, 3.8) is 0 Å². The van der Waals surface area contributed by atoms with E-state index in [0.29, 0.717) is 11.3 Å². The highest BCUT2D eigenvalue weighted by molar-refractivity contribution is 5.69. The average Bonchev–Trinajstić information content (AvgIpc) is 2.17. The molecule has 0 heterocycles. The van der Waals surface area contributed by atoms with Crippen molar-refractivity contribution in [1.29, 1.82) is 0 Å². The van der Waals surface area contributed by atoms with E-state index < -0.39 is 5.41 Å². The Morgan fingerprint density at radius 2 is 2.07 bits per heavy atom. The summed E-state index contributed by atoms with van der Waals surface area (Å²) in [6, 6.07) is 4.92. The van der Waals surface area contributed by atoms with E-state index >= 15 is 0 Å². The summed E-state index contributed by atoms with van der Waals surface area (Å²) in [6.45, 7) is 3.50. The van der Waals surface area contributed by atoms with Crippen LogP contribution < -0.4 is 4.74 Å². The van der Waals surface area contributed by atoms with E-state index in [4.69, 9.17) is 4.74 Å². The van der Waals surface area contributed by atoms with Gasteiger partial charge in [-0.2, -0.15) is 0 Å². The number of carbonyl (C=O) groups excluding carboxylic acids is 1. The number of phenols is 1. The van der Waals surface area contributed by atoms with Crippen LogP contribution in [0.2, 0.25) is 0 Å². The molecule has 0 aromatic heterocycles. The molecule has 1 N–H and O–H groups in total. The molecule has 0 amide bonds. The first-order valence-corrected chi connectivity index (χ1v) is 4.35. The summed E-state index contributed by atoms with van der Waals surface area (Å²) in [4.78, 5) is 10.8. The van der Waals surface area contributed by atoms with Gasteiger partial charge < -0.3 is 14.6 Å². The Balaban J connectivity index is 3.18. The highest BCUT2D eigenvalue weighted by Gasteiger charge is 2.23. The molecule has 3 nitrogen and oxygen atoms in total. The SMILES string of the molecule is COc1ccc(C(C)(C)C=O)c(O)c1. The van der Waals surface area contributed by atoms with Crippen LogP contribution in [-0.2, 0) is 10.2 Å². The Morgan fingerprint density at radius 3 is 2.50 bits per heavy atom. The van der Waals surface area contributed by atoms with Gasteiger partial charge in [-0.05, 0) is 19.9 Å². The highest BCUT2D eigenvalue weighted by atomic mass is 16.5. The molecule has 0 atom stereocenters. The minimum atomic E-state index is -0.670. The molecular weight excluding hydrogens is 180 g/mol. The molecule has 76 valence electrons. The minimum absolute atomic E-state index is 0.0847. The van der Waals surface area contributed by atoms with Crippen molar-refractivity contribution in [3.8, 4) is 11.5 Å². The van der Waals surface area contributed by atoms with Crippen LogP contribution in [0.5, 0.6) is 11.5 Å². The van der Waals surface area contributed by atoms with Gasteiger partial charge in [-0.3, -0.25) is 0 Å². The zero-order chi connectivity index (χ0) is 10.8. The van der Waals surface area contributed by atoms with E-state index in [-0.39, 0.29) is 5.75 Å². The van der Waals surface area contributed by atoms with E-state index in [1.165, 1.54) is 13.2 Å². The molecule has 1 rings (SSSR count). The summed E-state index contributed by atoms with van der Waals surface area (Å²) >= 11 is 0. The molecule has 1 aromatic rings. The van der Waals surface area contributed by atoms with E-state index in [9.17, 15) is 9.90 Å². The van der Waals surface area contributed by atoms with Crippen LogP contribution in [0.3, 0.4) is 0 Å². The van der Waals surface area contributed by atoms with Crippen LogP contribution in [0, 0.1) is 0 Å². The third-order valence-electron chi connectivity index (χ3n) is 2.19. The Labute approximate surface area is 83.3 Å². The van der Waals surface area contributed by atoms with Crippen molar-refractivity contribution in [2.24, 2.45) is 0 Å². The monoisotopic (exact) mass is 194 g/mol. The lowest BCUT2D eigenvalue weighted by molar-refractivity contribution is -0.111. The maximum absolute atomic E-state index is 10.8. The van der Waals surface area contributed by atoms with E-state index in [2.05, 4.69) is 0 Å². The van der Waals surface area contributed by atoms with Gasteiger partial charge >= 0.3 is 0 Å². The molecule has 0 aliphatic carbocycles. The molecule has 1 aromatic carbocycles. The fourth-order valence-electron chi connectivity index (χ4n) is 1.25. The lowest BCUT2D eigenvalue weighted by atomic mass is 9.86. The maximum Gasteiger partial charge on any atom is 0.130 e. The van der Waals surface area contributed by atoms with Gasteiger partial charge in [0.15, 0.2) is 0 Å². The van der Waals surface area contributed by atoms with Crippen LogP contribution in [0.25, 0.3) is 0 Å². The van der Waals surface area contributed by atoms with Gasteiger partial charge in [0.25, 0.3) is 0 Å². The zero-order valence-corrected chi connectivity index (χ0v) is 8.57. The standard InChI is InChI=1S/C11H14O3/c1-11(2,7-12)9-5-4-8(14-3)6-10(9)13/h4-7,13H,1-3H3. The first kappa shape index (κ1) is 10.6. The smallest absolute Gasteiger partial charge is 0.130 e. The zero-order valence-electron chi connectivity index (χ0n) is 8.57. The molecule has 0 fully saturated rings. The van der Waals surface area contributed by atoms with Crippen LogP contribution >= 0.6 is 0 Å². The molecule has 3 heteroatoms. The molecule has 0 saturated carbocycles. The Morgan fingerprint density at radius 1 is 1.43 bits per heavy atom. The number of benzene rings is 1. The number of rotatable bonds is 3. The molecule has 0 saturated heterocycles. The predicted octanol–water partition coefficient (Wildman–Crippen LogP) is 1.88. The summed E-state index contributed by atoms with van der Waals surface area (Å²) in [5, 5.41) is 9.65. The summed E-state index contributed by atoms with van der Waals surface area (Å²) in [5.74, 6) is 0.661. The topological polar surface area (TPSA) is 46.5 Å². The predicted molar refractivity (Wildman–Crippen MR) is 53.7 cm³/mol. The Kier molecular flexibility index (Phi) is 2.79. The van der Waals surface area contributed by atoms with Gasteiger partial charge in [-0.1, -0.05) is 6.07 Å². The minimum Gasteiger partial charge on any atom is -0.507 e. The molecule has 14 heavy (non-hydrogen) atoms. The lowest BCUT2D eigenvalue weighted by Crippen LogP contribution is -2.18. The summed E-state index contributed by atoms with van der Waals surface area (Å²) in [6.07, 6.45) is 0.814. The highest BCUT2D eigenvalue weighted by Crippen LogP contribution is 2.32. The molecule has 0 radical (unpaired) electrons. The molecule has 0 bridgehead atoms. The van der Waals surface area contributed by atoms with Crippen molar-refractivity contribution in [1.82, 2.24) is 0 Å². The van der Waals surface area contributed by atoms with Crippen molar-refractivity contribution >= 4 is 6.29 Å². The largest absolute Gasteiger partial charge is 0.507 e. The number of aldehydes is 1. The van der Waals surface area contributed by atoms with Crippen LogP contribution in [-0.4, -0.2) is 18.5 Å². The van der Waals surface area contributed by atoms with Gasteiger partial charge in [-0.15, -0.1) is 0 Å². The fourth-order valence-corrected chi connectivity index (χ4v) is 1.25. The Bertz CT molecular complexity index is 342. The quantitative estimate of drug-likeness (QED) is 0.747. The van der Waals surface area contributed by atoms with Crippen LogP contribution in [0.1, 0.15) is 19.4 Å². The molecule has 0 unspecified atom stereocenters. The molecule has 0 aliphatic rings. The van der Waals surface area contributed by atoms with E-state index in [0.717, 1.165) is 6.29 Å². The van der Waals surface area contributed by atoms with Crippen molar-refractivity contribution in [2.75, 3.05) is 7.11 Å². The number of phenolic OH excluding ortho intramolecular Hbond substituents is 1. The third-order valence-corrected chi connectivity index (χ3v) is 2.19. The molecule has 0 spiro atoms. The van der Waals surface area contributed by atoms with Gasteiger partial charge in [0.1, 0.15) is 17.8 Å². The first-order chi connectivity index (χ1) is 6.51. The van der Waals surface area contributed by atoms with Crippen LogP contribution in [0.4, 0.5) is 0 Å². The van der Waals surface area contributed by atoms with Crippen molar-refractivity contribution in [2.45, 2.75) is 19.3 Å². The maximum atomic E-state index is 10.8. The summed E-state index contributed by atoms with van der Waals surface area (Å²) in [7, 11) is 1.53. The van der Waals surface area contributed by atoms with Gasteiger partial charge in [0.2, 0.25) is 0 Å². The number of ether oxygens (including phenoxy) is 1. The molecular formula is C11H14O3. The van der Waals surface area contributed by atoms with Crippen molar-refractivity contribution < 1.29 is 14.6 Å². The average molecular weight is 194 g/mol. The second-order valence-electron chi connectivity index (χ2n) is 3.72. The number of aromatic hydroxyl groups is 1. The van der Waals surface area contributed by atoms with Crippen LogP contribution in [0.15, 0.2) is 18.2 Å². The van der Waals surface area contributed by atoms with E-state index in [1.807, 2.05) is 0 Å². The van der Waals surface area contributed by atoms with E-state index in [1.54, 1.807) is 26.0 Å². The lowest BCUT2D eigenvalue weighted by Gasteiger charge is -2.18. The number of methoxy groups -OCH3 is 1. The van der Waals surface area contributed by atoms with Gasteiger partial charge in [-0.25, -0.2) is 0 Å². The number of hydrogen-bond acceptors (Lipinski definition) is 3. The first-order valence-electron chi connectivity index (χ1n) is 4.35. The Hall–Kier alpha value is -1.51. The third kappa shape index (κ3) is 1.87. The molecule has 0 aliphatic heterocycles. The fraction of sp³-hybridized carbons (Fsp3) is 0.364. The second kappa shape index (κ2) is 3.70.